The molecule has 0 aliphatic rings. The van der Waals surface area contributed by atoms with Crippen LogP contribution in [0.25, 0.3) is 0 Å². The fourth-order valence-corrected chi connectivity index (χ4v) is 3.13. The molecule has 0 bridgehead atoms. The number of hydrogen-bond acceptors (Lipinski definition) is 6. The SMILES string of the molecule is CC(C)OP(=O)(O)OCC(C)(C)C(O)C(=O)NCCC(=O)NCCC(C)(C)C. The van der Waals surface area contributed by atoms with Gasteiger partial charge in [-0.3, -0.25) is 18.6 Å². The van der Waals surface area contributed by atoms with Gasteiger partial charge in [-0.1, -0.05) is 34.6 Å². The number of aliphatic hydroxyl groups is 1. The van der Waals surface area contributed by atoms with Crippen LogP contribution in [0, 0.1) is 10.8 Å². The molecule has 0 heterocycles. The minimum absolute atomic E-state index is 0.0726. The predicted octanol–water partition coefficient (Wildman–Crippen LogP) is 1.97. The molecular weight excluding hydrogens is 387 g/mol. The molecule has 0 aromatic carbocycles. The number of aliphatic hydroxyl groups excluding tert-OH is 1. The van der Waals surface area contributed by atoms with Crippen LogP contribution in [0.4, 0.5) is 0 Å². The average molecular weight is 424 g/mol. The largest absolute Gasteiger partial charge is 0.472 e. The summed E-state index contributed by atoms with van der Waals surface area (Å²) in [5.74, 6) is -0.873. The molecule has 0 aliphatic heterocycles. The molecule has 9 nitrogen and oxygen atoms in total. The smallest absolute Gasteiger partial charge is 0.383 e. The molecule has 28 heavy (non-hydrogen) atoms. The molecule has 0 rings (SSSR count). The Morgan fingerprint density at radius 3 is 2.14 bits per heavy atom. The molecule has 0 fully saturated rings. The highest BCUT2D eigenvalue weighted by molar-refractivity contribution is 7.47. The van der Waals surface area contributed by atoms with Gasteiger partial charge in [0.1, 0.15) is 6.10 Å². The van der Waals surface area contributed by atoms with Crippen LogP contribution in [-0.4, -0.2) is 53.7 Å². The summed E-state index contributed by atoms with van der Waals surface area (Å²) >= 11 is 0. The number of carbonyl (C=O) groups is 2. The van der Waals surface area contributed by atoms with Crippen LogP contribution in [0.3, 0.4) is 0 Å². The van der Waals surface area contributed by atoms with Crippen molar-refractivity contribution in [3.8, 4) is 0 Å². The molecule has 0 aromatic heterocycles. The summed E-state index contributed by atoms with van der Waals surface area (Å²) in [6.07, 6.45) is -1.07. The normalized spacial score (nSPS) is 15.8. The second kappa shape index (κ2) is 11.3. The van der Waals surface area contributed by atoms with E-state index in [1.165, 1.54) is 13.8 Å². The quantitative estimate of drug-likeness (QED) is 0.352. The third kappa shape index (κ3) is 12.5. The topological polar surface area (TPSA) is 134 Å². The van der Waals surface area contributed by atoms with E-state index in [2.05, 4.69) is 31.4 Å². The summed E-state index contributed by atoms with van der Waals surface area (Å²) in [7, 11) is -4.27. The number of nitrogens with one attached hydrogen (secondary N) is 2. The van der Waals surface area contributed by atoms with E-state index in [9.17, 15) is 24.2 Å². The zero-order valence-corrected chi connectivity index (χ0v) is 19.0. The van der Waals surface area contributed by atoms with Gasteiger partial charge in [0.2, 0.25) is 11.8 Å². The van der Waals surface area contributed by atoms with Crippen molar-refractivity contribution in [2.45, 2.75) is 73.5 Å². The van der Waals surface area contributed by atoms with Gasteiger partial charge in [0.05, 0.1) is 12.7 Å². The number of hydrogen-bond donors (Lipinski definition) is 4. The monoisotopic (exact) mass is 424 g/mol. The molecule has 2 amide bonds. The minimum atomic E-state index is -4.27. The first-order valence-electron chi connectivity index (χ1n) is 9.44. The van der Waals surface area contributed by atoms with E-state index in [-0.39, 0.29) is 30.9 Å². The summed E-state index contributed by atoms with van der Waals surface area (Å²) in [4.78, 5) is 33.4. The Hall–Kier alpha value is -0.990. The molecule has 0 saturated heterocycles. The van der Waals surface area contributed by atoms with Gasteiger partial charge >= 0.3 is 7.82 Å². The minimum Gasteiger partial charge on any atom is -0.383 e. The second-order valence-electron chi connectivity index (χ2n) is 8.99. The maximum atomic E-state index is 12.1. The van der Waals surface area contributed by atoms with Crippen molar-refractivity contribution in [2.24, 2.45) is 10.8 Å². The van der Waals surface area contributed by atoms with Gasteiger partial charge in [0.15, 0.2) is 0 Å². The van der Waals surface area contributed by atoms with E-state index >= 15 is 0 Å². The van der Waals surface area contributed by atoms with Crippen LogP contribution in [0.5, 0.6) is 0 Å². The van der Waals surface area contributed by atoms with E-state index in [0.717, 1.165) is 6.42 Å². The van der Waals surface area contributed by atoms with Crippen molar-refractivity contribution < 1.29 is 33.2 Å². The lowest BCUT2D eigenvalue weighted by atomic mass is 9.87. The molecule has 0 aliphatic carbocycles. The van der Waals surface area contributed by atoms with Crippen LogP contribution in [0.2, 0.25) is 0 Å². The molecule has 0 spiro atoms. The Balaban J connectivity index is 4.34. The Kier molecular flexibility index (Phi) is 10.9. The number of carbonyl (C=O) groups excluding carboxylic acids is 2. The lowest BCUT2D eigenvalue weighted by Crippen LogP contribution is -2.46. The van der Waals surface area contributed by atoms with Crippen molar-refractivity contribution in [3.63, 3.8) is 0 Å². The summed E-state index contributed by atoms with van der Waals surface area (Å²) < 4.78 is 21.4. The summed E-state index contributed by atoms with van der Waals surface area (Å²) in [5.41, 5.74) is -1.02. The van der Waals surface area contributed by atoms with Crippen LogP contribution in [-0.2, 0) is 23.2 Å². The van der Waals surface area contributed by atoms with Gasteiger partial charge in [-0.2, -0.15) is 0 Å². The molecule has 2 atom stereocenters. The Bertz CT molecular complexity index is 559. The third-order valence-electron chi connectivity index (χ3n) is 3.78. The van der Waals surface area contributed by atoms with Gasteiger partial charge in [0, 0.05) is 24.9 Å². The number of phosphoric acid groups is 1. The van der Waals surface area contributed by atoms with Crippen molar-refractivity contribution >= 4 is 19.6 Å². The average Bonchev–Trinajstić information content (AvgIpc) is 2.50. The second-order valence-corrected chi connectivity index (χ2v) is 10.4. The number of rotatable bonds is 12. The van der Waals surface area contributed by atoms with Crippen molar-refractivity contribution in [1.29, 1.82) is 0 Å². The lowest BCUT2D eigenvalue weighted by molar-refractivity contribution is -0.137. The van der Waals surface area contributed by atoms with Gasteiger partial charge in [0.25, 0.3) is 0 Å². The molecule has 10 heteroatoms. The zero-order chi connectivity index (χ0) is 22.2. The lowest BCUT2D eigenvalue weighted by Gasteiger charge is -2.30. The standard InChI is InChI=1S/C18H37N2O7P/c1-13(2)27-28(24,25)26-12-18(6,7)15(22)16(23)20-10-8-14(21)19-11-9-17(3,4)5/h13,15,22H,8-12H2,1-7H3,(H,19,21)(H,20,23)(H,24,25). The number of phosphoric ester groups is 1. The van der Waals surface area contributed by atoms with E-state index in [0.29, 0.717) is 6.54 Å². The van der Waals surface area contributed by atoms with Crippen molar-refractivity contribution in [3.05, 3.63) is 0 Å². The molecular formula is C18H37N2O7P. The molecule has 0 saturated carbocycles. The van der Waals surface area contributed by atoms with Crippen LogP contribution < -0.4 is 10.6 Å². The first-order valence-corrected chi connectivity index (χ1v) is 10.9. The maximum absolute atomic E-state index is 12.1. The van der Waals surface area contributed by atoms with Crippen molar-refractivity contribution in [2.75, 3.05) is 19.7 Å². The summed E-state index contributed by atoms with van der Waals surface area (Å²) in [6, 6.07) is 0. The zero-order valence-electron chi connectivity index (χ0n) is 18.1. The fourth-order valence-electron chi connectivity index (χ4n) is 2.04. The van der Waals surface area contributed by atoms with E-state index in [1.807, 2.05) is 0 Å². The van der Waals surface area contributed by atoms with E-state index in [1.54, 1.807) is 13.8 Å². The predicted molar refractivity (Wildman–Crippen MR) is 106 cm³/mol. The van der Waals surface area contributed by atoms with E-state index in [4.69, 9.17) is 9.05 Å². The summed E-state index contributed by atoms with van der Waals surface area (Å²) in [5, 5.41) is 15.5. The highest BCUT2D eigenvalue weighted by atomic mass is 31.2. The molecule has 0 aromatic rings. The Morgan fingerprint density at radius 2 is 1.64 bits per heavy atom. The van der Waals surface area contributed by atoms with E-state index < -0.39 is 31.4 Å². The Morgan fingerprint density at radius 1 is 1.07 bits per heavy atom. The highest BCUT2D eigenvalue weighted by Gasteiger charge is 2.37. The summed E-state index contributed by atoms with van der Waals surface area (Å²) in [6.45, 7) is 12.7. The first-order chi connectivity index (χ1) is 12.6. The van der Waals surface area contributed by atoms with Crippen LogP contribution in [0.15, 0.2) is 0 Å². The molecule has 2 unspecified atom stereocenters. The first kappa shape index (κ1) is 27.0. The van der Waals surface area contributed by atoms with Gasteiger partial charge in [-0.15, -0.1) is 0 Å². The van der Waals surface area contributed by atoms with Gasteiger partial charge < -0.3 is 20.6 Å². The van der Waals surface area contributed by atoms with Crippen LogP contribution >= 0.6 is 7.82 Å². The fraction of sp³-hybridized carbons (Fsp3) is 0.889. The van der Waals surface area contributed by atoms with Crippen LogP contribution in [0.1, 0.15) is 61.3 Å². The molecule has 4 N–H and O–H groups in total. The van der Waals surface area contributed by atoms with Gasteiger partial charge in [-0.25, -0.2) is 4.57 Å². The number of amides is 2. The maximum Gasteiger partial charge on any atom is 0.472 e. The van der Waals surface area contributed by atoms with Crippen molar-refractivity contribution in [1.82, 2.24) is 10.6 Å². The van der Waals surface area contributed by atoms with Gasteiger partial charge in [-0.05, 0) is 25.7 Å². The molecule has 166 valence electrons. The highest BCUT2D eigenvalue weighted by Crippen LogP contribution is 2.46. The third-order valence-corrected chi connectivity index (χ3v) is 4.92. The Labute approximate surface area is 168 Å². The molecule has 0 radical (unpaired) electrons.